The van der Waals surface area contributed by atoms with Gasteiger partial charge in [-0.1, -0.05) is 0 Å². The third kappa shape index (κ3) is 3.67. The summed E-state index contributed by atoms with van der Waals surface area (Å²) in [6.07, 6.45) is 3.58. The highest BCUT2D eigenvalue weighted by Crippen LogP contribution is 2.33. The van der Waals surface area contributed by atoms with Crippen LogP contribution >= 0.6 is 0 Å². The first kappa shape index (κ1) is 17.4. The van der Waals surface area contributed by atoms with Gasteiger partial charge in [-0.3, -0.25) is 0 Å². The van der Waals surface area contributed by atoms with Crippen LogP contribution in [0.4, 0.5) is 10.7 Å². The van der Waals surface area contributed by atoms with Crippen LogP contribution in [0.2, 0.25) is 0 Å². The van der Waals surface area contributed by atoms with Gasteiger partial charge in [0.1, 0.15) is 5.60 Å². The first-order valence-corrected chi connectivity index (χ1v) is 8.54. The number of anilines is 1. The van der Waals surface area contributed by atoms with Crippen LogP contribution < -0.4 is 4.90 Å². The molecular formula is C17H24N4O4. The molecule has 0 N–H and O–H groups in total. The molecule has 2 aliphatic heterocycles. The summed E-state index contributed by atoms with van der Waals surface area (Å²) in [5, 5.41) is 0. The number of rotatable bonds is 3. The van der Waals surface area contributed by atoms with E-state index in [4.69, 9.17) is 9.47 Å². The number of amides is 1. The molecule has 0 aliphatic carbocycles. The van der Waals surface area contributed by atoms with Crippen molar-refractivity contribution in [3.63, 3.8) is 0 Å². The number of piperazine rings is 1. The average Bonchev–Trinajstić information content (AvgIpc) is 3.14. The molecule has 25 heavy (non-hydrogen) atoms. The van der Waals surface area contributed by atoms with Crippen LogP contribution in [0.25, 0.3) is 0 Å². The molecule has 0 aromatic carbocycles. The summed E-state index contributed by atoms with van der Waals surface area (Å²) in [5.74, 6) is 0.150. The third-order valence-corrected chi connectivity index (χ3v) is 4.27. The Bertz CT molecular complexity index is 656. The maximum Gasteiger partial charge on any atom is 0.410 e. The highest BCUT2D eigenvalue weighted by atomic mass is 16.6. The number of carbonyl (C=O) groups excluding carboxylic acids is 2. The van der Waals surface area contributed by atoms with Crippen molar-refractivity contribution in [2.75, 3.05) is 24.6 Å². The van der Waals surface area contributed by atoms with Crippen molar-refractivity contribution < 1.29 is 19.1 Å². The summed E-state index contributed by atoms with van der Waals surface area (Å²) in [7, 11) is 0. The zero-order valence-electron chi connectivity index (χ0n) is 15.1. The Labute approximate surface area is 147 Å². The second kappa shape index (κ2) is 6.50. The first-order chi connectivity index (χ1) is 11.8. The third-order valence-electron chi connectivity index (χ3n) is 4.27. The zero-order chi connectivity index (χ0) is 18.2. The number of nitrogens with zero attached hydrogens (tertiary/aromatic N) is 4. The van der Waals surface area contributed by atoms with Gasteiger partial charge in [0, 0.05) is 25.5 Å². The lowest BCUT2D eigenvalue weighted by Gasteiger charge is -2.35. The number of likely N-dealkylation sites (tertiary alicyclic amines) is 1. The van der Waals surface area contributed by atoms with Crippen molar-refractivity contribution in [2.24, 2.45) is 0 Å². The molecule has 0 saturated carbocycles. The summed E-state index contributed by atoms with van der Waals surface area (Å²) >= 11 is 0. The van der Waals surface area contributed by atoms with Gasteiger partial charge in [0.15, 0.2) is 0 Å². The topological polar surface area (TPSA) is 84.9 Å². The number of carbonyl (C=O) groups is 2. The largest absolute Gasteiger partial charge is 0.462 e. The van der Waals surface area contributed by atoms with E-state index < -0.39 is 11.6 Å². The number of esters is 1. The molecular weight excluding hydrogens is 324 g/mol. The van der Waals surface area contributed by atoms with E-state index in [1.165, 1.54) is 12.4 Å². The predicted molar refractivity (Wildman–Crippen MR) is 90.5 cm³/mol. The molecule has 0 spiro atoms. The van der Waals surface area contributed by atoms with Gasteiger partial charge in [-0.05, 0) is 34.1 Å². The highest BCUT2D eigenvalue weighted by molar-refractivity contribution is 5.88. The second-order valence-electron chi connectivity index (χ2n) is 7.32. The molecule has 1 aromatic rings. The molecule has 1 amide bonds. The van der Waals surface area contributed by atoms with Crippen LogP contribution in [-0.4, -0.2) is 64.3 Å². The van der Waals surface area contributed by atoms with E-state index >= 15 is 0 Å². The van der Waals surface area contributed by atoms with E-state index in [9.17, 15) is 9.59 Å². The lowest BCUT2D eigenvalue weighted by molar-refractivity contribution is 0.0214. The van der Waals surface area contributed by atoms with Crippen LogP contribution in [0.1, 0.15) is 44.5 Å². The van der Waals surface area contributed by atoms with E-state index in [0.717, 1.165) is 6.42 Å². The number of fused-ring (bicyclic) bond motifs is 2. The van der Waals surface area contributed by atoms with Crippen LogP contribution in [0, 0.1) is 0 Å². The molecule has 3 rings (SSSR count). The van der Waals surface area contributed by atoms with Crippen LogP contribution in [0.5, 0.6) is 0 Å². The summed E-state index contributed by atoms with van der Waals surface area (Å²) in [4.78, 5) is 36.4. The normalized spacial score (nSPS) is 22.2. The molecule has 2 aliphatic rings. The Balaban J connectivity index is 1.63. The molecule has 2 fully saturated rings. The lowest BCUT2D eigenvalue weighted by atomic mass is 10.2. The average molecular weight is 348 g/mol. The number of hydrogen-bond donors (Lipinski definition) is 0. The lowest BCUT2D eigenvalue weighted by Crippen LogP contribution is -2.50. The van der Waals surface area contributed by atoms with Crippen molar-refractivity contribution in [1.29, 1.82) is 0 Å². The van der Waals surface area contributed by atoms with Gasteiger partial charge in [-0.25, -0.2) is 19.6 Å². The van der Waals surface area contributed by atoms with Crippen molar-refractivity contribution in [1.82, 2.24) is 14.9 Å². The van der Waals surface area contributed by atoms with E-state index in [2.05, 4.69) is 14.9 Å². The number of ether oxygens (including phenoxy) is 2. The van der Waals surface area contributed by atoms with E-state index in [-0.39, 0.29) is 18.2 Å². The van der Waals surface area contributed by atoms with E-state index in [1.807, 2.05) is 20.8 Å². The monoisotopic (exact) mass is 348 g/mol. The highest BCUT2D eigenvalue weighted by Gasteiger charge is 2.47. The molecule has 1 aromatic heterocycles. The maximum atomic E-state index is 12.3. The number of hydrogen-bond acceptors (Lipinski definition) is 7. The number of aromatic nitrogens is 2. The first-order valence-electron chi connectivity index (χ1n) is 8.54. The van der Waals surface area contributed by atoms with Gasteiger partial charge in [-0.2, -0.15) is 0 Å². The Hall–Kier alpha value is -2.38. The fourth-order valence-electron chi connectivity index (χ4n) is 3.25. The summed E-state index contributed by atoms with van der Waals surface area (Å²) in [6.45, 7) is 8.94. The van der Waals surface area contributed by atoms with Crippen molar-refractivity contribution in [3.05, 3.63) is 18.0 Å². The van der Waals surface area contributed by atoms with Crippen molar-refractivity contribution in [3.8, 4) is 0 Å². The van der Waals surface area contributed by atoms with Gasteiger partial charge >= 0.3 is 12.1 Å². The Morgan fingerprint density at radius 3 is 2.40 bits per heavy atom. The molecule has 0 unspecified atom stereocenters. The quantitative estimate of drug-likeness (QED) is 0.771. The maximum absolute atomic E-state index is 12.3. The summed E-state index contributed by atoms with van der Waals surface area (Å²) in [6, 6.07) is 0.277. The second-order valence-corrected chi connectivity index (χ2v) is 7.32. The molecule has 2 atom stereocenters. The van der Waals surface area contributed by atoms with Gasteiger partial charge < -0.3 is 19.3 Å². The fraction of sp³-hybridized carbons (Fsp3) is 0.647. The van der Waals surface area contributed by atoms with Gasteiger partial charge in [0.2, 0.25) is 5.95 Å². The van der Waals surface area contributed by atoms with E-state index in [0.29, 0.717) is 31.2 Å². The zero-order valence-corrected chi connectivity index (χ0v) is 15.1. The van der Waals surface area contributed by atoms with Crippen molar-refractivity contribution in [2.45, 2.75) is 51.8 Å². The fourth-order valence-corrected chi connectivity index (χ4v) is 3.25. The van der Waals surface area contributed by atoms with Crippen LogP contribution in [0.3, 0.4) is 0 Å². The predicted octanol–water partition coefficient (Wildman–Crippen LogP) is 1.85. The molecule has 0 radical (unpaired) electrons. The Morgan fingerprint density at radius 1 is 1.20 bits per heavy atom. The minimum absolute atomic E-state index is 0.105. The minimum Gasteiger partial charge on any atom is -0.462 e. The van der Waals surface area contributed by atoms with Gasteiger partial charge in [-0.15, -0.1) is 0 Å². The smallest absolute Gasteiger partial charge is 0.410 e. The molecule has 8 heteroatoms. The summed E-state index contributed by atoms with van der Waals surface area (Å²) < 4.78 is 10.4. The standard InChI is InChI=1S/C17H24N4O4/c1-5-24-14(22)11-7-18-15(19-8-11)20-9-13-6-12(20)10-21(13)16(23)25-17(2,3)4/h7-8,12-13H,5-6,9-10H2,1-4H3/t12-,13-/m1/s1. The minimum atomic E-state index is -0.495. The SMILES string of the molecule is CCOC(=O)c1cnc(N2C[C@H]3C[C@@H]2CN3C(=O)OC(C)(C)C)nc1. The van der Waals surface area contributed by atoms with Crippen molar-refractivity contribution >= 4 is 18.0 Å². The van der Waals surface area contributed by atoms with Crippen LogP contribution in [-0.2, 0) is 9.47 Å². The molecule has 136 valence electrons. The van der Waals surface area contributed by atoms with Gasteiger partial charge in [0.25, 0.3) is 0 Å². The molecule has 2 saturated heterocycles. The molecule has 8 nitrogen and oxygen atoms in total. The Morgan fingerprint density at radius 2 is 1.88 bits per heavy atom. The molecule has 2 bridgehead atoms. The Kier molecular flexibility index (Phi) is 4.53. The van der Waals surface area contributed by atoms with Gasteiger partial charge in [0.05, 0.1) is 24.3 Å². The van der Waals surface area contributed by atoms with E-state index in [1.54, 1.807) is 11.8 Å². The summed E-state index contributed by atoms with van der Waals surface area (Å²) in [5.41, 5.74) is -0.157. The van der Waals surface area contributed by atoms with Crippen LogP contribution in [0.15, 0.2) is 12.4 Å². The molecule has 3 heterocycles.